The lowest BCUT2D eigenvalue weighted by atomic mass is 10.1. The van der Waals surface area contributed by atoms with Gasteiger partial charge in [-0.2, -0.15) is 0 Å². The summed E-state index contributed by atoms with van der Waals surface area (Å²) in [6.45, 7) is 6.28. The Balaban J connectivity index is 2.60. The monoisotopic (exact) mass is 248 g/mol. The molecule has 0 aliphatic carbocycles. The van der Waals surface area contributed by atoms with Gasteiger partial charge in [-0.05, 0) is 26.8 Å². The molecule has 3 heteroatoms. The Hall–Kier alpha value is -1.77. The van der Waals surface area contributed by atoms with Crippen LogP contribution >= 0.6 is 0 Å². The molecular weight excluding hydrogens is 228 g/mol. The van der Waals surface area contributed by atoms with Gasteiger partial charge in [0.2, 0.25) is 0 Å². The highest BCUT2D eigenvalue weighted by atomic mass is 16.5. The standard InChI is InChI=1S/C15H20O3/c1-4-8-13-9-6-7-10-14(13)18-11-12(3)15(16)17-5-2/h4,6-10,12H,5,11H2,1-3H3. The summed E-state index contributed by atoms with van der Waals surface area (Å²) >= 11 is 0. The smallest absolute Gasteiger partial charge is 0.312 e. The van der Waals surface area contributed by atoms with E-state index in [4.69, 9.17) is 9.47 Å². The molecule has 3 nitrogen and oxygen atoms in total. The first-order chi connectivity index (χ1) is 8.69. The van der Waals surface area contributed by atoms with Crippen molar-refractivity contribution in [3.63, 3.8) is 0 Å². The largest absolute Gasteiger partial charge is 0.492 e. The van der Waals surface area contributed by atoms with E-state index in [-0.39, 0.29) is 11.9 Å². The van der Waals surface area contributed by atoms with Crippen molar-refractivity contribution in [1.82, 2.24) is 0 Å². The van der Waals surface area contributed by atoms with Crippen molar-refractivity contribution >= 4 is 12.0 Å². The van der Waals surface area contributed by atoms with Crippen LogP contribution in [0.15, 0.2) is 30.3 Å². The van der Waals surface area contributed by atoms with Crippen LogP contribution in [-0.2, 0) is 9.53 Å². The first kappa shape index (κ1) is 14.3. The van der Waals surface area contributed by atoms with E-state index < -0.39 is 0 Å². The number of hydrogen-bond acceptors (Lipinski definition) is 3. The number of rotatable bonds is 6. The molecule has 98 valence electrons. The van der Waals surface area contributed by atoms with Crippen LogP contribution in [0.1, 0.15) is 26.3 Å². The molecule has 0 heterocycles. The van der Waals surface area contributed by atoms with Crippen LogP contribution in [0.5, 0.6) is 5.75 Å². The summed E-state index contributed by atoms with van der Waals surface area (Å²) in [6, 6.07) is 7.74. The van der Waals surface area contributed by atoms with Gasteiger partial charge in [0.15, 0.2) is 0 Å². The molecule has 1 atom stereocenters. The summed E-state index contributed by atoms with van der Waals surface area (Å²) in [5.41, 5.74) is 1.01. The fourth-order valence-corrected chi connectivity index (χ4v) is 1.50. The molecule has 0 aromatic heterocycles. The maximum absolute atomic E-state index is 11.5. The number of para-hydroxylation sites is 1. The molecular formula is C15H20O3. The number of carbonyl (C=O) groups excluding carboxylic acids is 1. The summed E-state index contributed by atoms with van der Waals surface area (Å²) in [5.74, 6) is 0.302. The number of benzene rings is 1. The molecule has 0 saturated heterocycles. The van der Waals surface area contributed by atoms with Crippen molar-refractivity contribution in [2.45, 2.75) is 20.8 Å². The fraction of sp³-hybridized carbons (Fsp3) is 0.400. The van der Waals surface area contributed by atoms with E-state index in [0.717, 1.165) is 11.3 Å². The van der Waals surface area contributed by atoms with Crippen LogP contribution in [0.3, 0.4) is 0 Å². The summed E-state index contributed by atoms with van der Waals surface area (Å²) in [4.78, 5) is 11.5. The lowest BCUT2D eigenvalue weighted by Crippen LogP contribution is -2.21. The Morgan fingerprint density at radius 1 is 1.39 bits per heavy atom. The van der Waals surface area contributed by atoms with Crippen LogP contribution in [0.25, 0.3) is 6.08 Å². The van der Waals surface area contributed by atoms with Crippen molar-refractivity contribution in [2.75, 3.05) is 13.2 Å². The van der Waals surface area contributed by atoms with Gasteiger partial charge in [0, 0.05) is 5.56 Å². The molecule has 1 aromatic carbocycles. The van der Waals surface area contributed by atoms with Crippen LogP contribution in [-0.4, -0.2) is 19.2 Å². The van der Waals surface area contributed by atoms with Crippen molar-refractivity contribution in [3.05, 3.63) is 35.9 Å². The highest BCUT2D eigenvalue weighted by Gasteiger charge is 2.15. The normalized spacial score (nSPS) is 12.4. The van der Waals surface area contributed by atoms with Gasteiger partial charge in [-0.1, -0.05) is 30.4 Å². The second-order valence-electron chi connectivity index (χ2n) is 4.00. The average Bonchev–Trinajstić information content (AvgIpc) is 2.38. The van der Waals surface area contributed by atoms with Gasteiger partial charge < -0.3 is 9.47 Å². The SMILES string of the molecule is CC=Cc1ccccc1OCC(C)C(=O)OCC. The van der Waals surface area contributed by atoms with E-state index in [1.165, 1.54) is 0 Å². The Bertz CT molecular complexity index is 410. The highest BCUT2D eigenvalue weighted by Crippen LogP contribution is 2.20. The molecule has 0 aliphatic rings. The fourth-order valence-electron chi connectivity index (χ4n) is 1.50. The van der Waals surface area contributed by atoms with Crippen LogP contribution < -0.4 is 4.74 Å². The topological polar surface area (TPSA) is 35.5 Å². The molecule has 0 amide bonds. The number of hydrogen-bond donors (Lipinski definition) is 0. The summed E-state index contributed by atoms with van der Waals surface area (Å²) in [5, 5.41) is 0. The molecule has 0 bridgehead atoms. The van der Waals surface area contributed by atoms with Crippen molar-refractivity contribution in [3.8, 4) is 5.75 Å². The minimum absolute atomic E-state index is 0.221. The minimum atomic E-state index is -0.261. The van der Waals surface area contributed by atoms with Crippen LogP contribution in [0, 0.1) is 5.92 Å². The van der Waals surface area contributed by atoms with E-state index in [0.29, 0.717) is 13.2 Å². The maximum Gasteiger partial charge on any atom is 0.312 e. The Kier molecular flexibility index (Phi) is 5.98. The van der Waals surface area contributed by atoms with Gasteiger partial charge in [-0.3, -0.25) is 4.79 Å². The second-order valence-corrected chi connectivity index (χ2v) is 4.00. The second kappa shape index (κ2) is 7.54. The average molecular weight is 248 g/mol. The van der Waals surface area contributed by atoms with E-state index in [1.54, 1.807) is 13.8 Å². The molecule has 1 rings (SSSR count). The molecule has 1 aromatic rings. The zero-order valence-corrected chi connectivity index (χ0v) is 11.2. The molecule has 0 N–H and O–H groups in total. The molecule has 0 spiro atoms. The molecule has 0 saturated carbocycles. The molecule has 0 fully saturated rings. The first-order valence-corrected chi connectivity index (χ1v) is 6.20. The van der Waals surface area contributed by atoms with Crippen molar-refractivity contribution < 1.29 is 14.3 Å². The number of allylic oxidation sites excluding steroid dienone is 1. The minimum Gasteiger partial charge on any atom is -0.492 e. The highest BCUT2D eigenvalue weighted by molar-refractivity contribution is 5.72. The summed E-state index contributed by atoms with van der Waals surface area (Å²) < 4.78 is 10.6. The predicted molar refractivity (Wildman–Crippen MR) is 72.4 cm³/mol. The van der Waals surface area contributed by atoms with Crippen LogP contribution in [0.2, 0.25) is 0 Å². The molecule has 18 heavy (non-hydrogen) atoms. The Morgan fingerprint density at radius 3 is 2.78 bits per heavy atom. The predicted octanol–water partition coefficient (Wildman–Crippen LogP) is 3.30. The van der Waals surface area contributed by atoms with Gasteiger partial charge >= 0.3 is 5.97 Å². The number of carbonyl (C=O) groups is 1. The molecule has 1 unspecified atom stereocenters. The number of ether oxygens (including phenoxy) is 2. The van der Waals surface area contributed by atoms with E-state index in [2.05, 4.69) is 0 Å². The van der Waals surface area contributed by atoms with Gasteiger partial charge in [0.05, 0.1) is 12.5 Å². The van der Waals surface area contributed by atoms with Gasteiger partial charge in [-0.15, -0.1) is 0 Å². The van der Waals surface area contributed by atoms with E-state index in [1.807, 2.05) is 43.3 Å². The van der Waals surface area contributed by atoms with E-state index >= 15 is 0 Å². The van der Waals surface area contributed by atoms with Gasteiger partial charge in [0.1, 0.15) is 12.4 Å². The first-order valence-electron chi connectivity index (χ1n) is 6.20. The maximum atomic E-state index is 11.5. The quantitative estimate of drug-likeness (QED) is 0.725. The van der Waals surface area contributed by atoms with Crippen molar-refractivity contribution in [1.29, 1.82) is 0 Å². The third-order valence-electron chi connectivity index (χ3n) is 2.44. The zero-order chi connectivity index (χ0) is 13.4. The molecule has 0 radical (unpaired) electrons. The van der Waals surface area contributed by atoms with E-state index in [9.17, 15) is 4.79 Å². The lowest BCUT2D eigenvalue weighted by Gasteiger charge is -2.13. The Morgan fingerprint density at radius 2 is 2.11 bits per heavy atom. The third kappa shape index (κ3) is 4.24. The lowest BCUT2D eigenvalue weighted by molar-refractivity contribution is -0.148. The zero-order valence-electron chi connectivity index (χ0n) is 11.2. The van der Waals surface area contributed by atoms with Gasteiger partial charge in [0.25, 0.3) is 0 Å². The third-order valence-corrected chi connectivity index (χ3v) is 2.44. The van der Waals surface area contributed by atoms with Crippen LogP contribution in [0.4, 0.5) is 0 Å². The summed E-state index contributed by atoms with van der Waals surface area (Å²) in [7, 11) is 0. The van der Waals surface area contributed by atoms with Gasteiger partial charge in [-0.25, -0.2) is 0 Å². The molecule has 0 aliphatic heterocycles. The number of esters is 1. The van der Waals surface area contributed by atoms with Crippen molar-refractivity contribution in [2.24, 2.45) is 5.92 Å². The summed E-state index contributed by atoms with van der Waals surface area (Å²) in [6.07, 6.45) is 3.93. The Labute approximate surface area is 108 Å².